The average Bonchev–Trinajstić information content (AvgIpc) is 3.26. The van der Waals surface area contributed by atoms with Crippen LogP contribution in [-0.2, 0) is 7.05 Å². The van der Waals surface area contributed by atoms with Crippen LogP contribution < -0.4 is 16.6 Å². The Morgan fingerprint density at radius 2 is 2.03 bits per heavy atom. The standard InChI is InChI=1S/C25H23ClN6O2/c1-14-8-9-18(29-25-30-23(34-31-25)21(27)7-5-6-15(2)26)12-19(14)20-11-17-13-28-16(3)10-22(17)32(4)24(20)33/h5-13H,2,27H2,1,3-4H3,(H,29,31)/b6-5-,21-7-. The van der Waals surface area contributed by atoms with Crippen molar-refractivity contribution in [2.24, 2.45) is 12.8 Å². The van der Waals surface area contributed by atoms with E-state index in [1.807, 2.05) is 44.2 Å². The summed E-state index contributed by atoms with van der Waals surface area (Å²) in [6.45, 7) is 7.42. The number of nitrogens with two attached hydrogens (primary N) is 1. The third-order valence-electron chi connectivity index (χ3n) is 5.25. The Kier molecular flexibility index (Phi) is 6.34. The van der Waals surface area contributed by atoms with E-state index in [4.69, 9.17) is 21.9 Å². The lowest BCUT2D eigenvalue weighted by Crippen LogP contribution is -2.19. The highest BCUT2D eigenvalue weighted by atomic mass is 35.5. The van der Waals surface area contributed by atoms with Gasteiger partial charge in [0.25, 0.3) is 17.4 Å². The molecule has 1 aromatic carbocycles. The van der Waals surface area contributed by atoms with E-state index in [1.165, 1.54) is 0 Å². The fourth-order valence-electron chi connectivity index (χ4n) is 3.50. The van der Waals surface area contributed by atoms with E-state index in [2.05, 4.69) is 27.0 Å². The quantitative estimate of drug-likeness (QED) is 0.380. The van der Waals surface area contributed by atoms with Crippen LogP contribution in [0.2, 0.25) is 0 Å². The molecule has 34 heavy (non-hydrogen) atoms. The lowest BCUT2D eigenvalue weighted by atomic mass is 9.99. The number of benzene rings is 1. The minimum Gasteiger partial charge on any atom is -0.394 e. The summed E-state index contributed by atoms with van der Waals surface area (Å²) < 4.78 is 6.87. The zero-order valence-electron chi connectivity index (χ0n) is 19.0. The van der Waals surface area contributed by atoms with Crippen molar-refractivity contribution in [2.75, 3.05) is 5.32 Å². The predicted octanol–water partition coefficient (Wildman–Crippen LogP) is 4.95. The number of hydrogen-bond acceptors (Lipinski definition) is 7. The van der Waals surface area contributed by atoms with Crippen molar-refractivity contribution in [3.05, 3.63) is 93.9 Å². The lowest BCUT2D eigenvalue weighted by molar-refractivity contribution is 0.408. The number of allylic oxidation sites excluding steroid dienone is 4. The van der Waals surface area contributed by atoms with E-state index in [0.29, 0.717) is 16.3 Å². The summed E-state index contributed by atoms with van der Waals surface area (Å²) in [4.78, 5) is 21.8. The number of aryl methyl sites for hydroxylation is 3. The summed E-state index contributed by atoms with van der Waals surface area (Å²) >= 11 is 5.69. The summed E-state index contributed by atoms with van der Waals surface area (Å²) in [5, 5.41) is 8.28. The molecule has 4 aromatic rings. The number of anilines is 2. The van der Waals surface area contributed by atoms with Crippen LogP contribution in [0.15, 0.2) is 75.7 Å². The summed E-state index contributed by atoms with van der Waals surface area (Å²) in [6.07, 6.45) is 6.59. The molecule has 0 amide bonds. The summed E-state index contributed by atoms with van der Waals surface area (Å²) in [5.74, 6) is 0.392. The molecular weight excluding hydrogens is 452 g/mol. The zero-order valence-corrected chi connectivity index (χ0v) is 19.7. The molecule has 0 spiro atoms. The molecular formula is C25H23ClN6O2. The Bertz CT molecular complexity index is 1530. The van der Waals surface area contributed by atoms with E-state index in [0.717, 1.165) is 27.7 Å². The molecule has 9 heteroatoms. The monoisotopic (exact) mass is 474 g/mol. The molecule has 3 heterocycles. The van der Waals surface area contributed by atoms with Gasteiger partial charge in [-0.15, -0.1) is 0 Å². The zero-order chi connectivity index (χ0) is 24.4. The maximum Gasteiger partial charge on any atom is 0.275 e. The van der Waals surface area contributed by atoms with E-state index in [1.54, 1.807) is 36.0 Å². The second kappa shape index (κ2) is 9.36. The topological polar surface area (TPSA) is 112 Å². The number of pyridine rings is 2. The first-order valence-corrected chi connectivity index (χ1v) is 10.8. The number of nitrogens with zero attached hydrogens (tertiary/aromatic N) is 4. The van der Waals surface area contributed by atoms with Crippen molar-refractivity contribution in [3.63, 3.8) is 0 Å². The van der Waals surface area contributed by atoms with Gasteiger partial charge in [0.15, 0.2) is 0 Å². The first-order chi connectivity index (χ1) is 16.2. The van der Waals surface area contributed by atoms with Crippen molar-refractivity contribution in [2.45, 2.75) is 13.8 Å². The van der Waals surface area contributed by atoms with Gasteiger partial charge in [0.05, 0.1) is 11.2 Å². The Labute approximate surface area is 201 Å². The Morgan fingerprint density at radius 3 is 2.79 bits per heavy atom. The Balaban J connectivity index is 1.66. The molecule has 0 aliphatic rings. The van der Waals surface area contributed by atoms with Gasteiger partial charge in [-0.25, -0.2) is 0 Å². The third-order valence-corrected chi connectivity index (χ3v) is 5.38. The van der Waals surface area contributed by atoms with Gasteiger partial charge in [0, 0.05) is 40.6 Å². The van der Waals surface area contributed by atoms with Gasteiger partial charge in [0.2, 0.25) is 0 Å². The highest BCUT2D eigenvalue weighted by molar-refractivity contribution is 6.30. The fraction of sp³-hybridized carbons (Fsp3) is 0.120. The molecule has 0 atom stereocenters. The fourth-order valence-corrected chi connectivity index (χ4v) is 3.57. The number of rotatable bonds is 6. The van der Waals surface area contributed by atoms with E-state index in [9.17, 15) is 4.79 Å². The van der Waals surface area contributed by atoms with E-state index < -0.39 is 0 Å². The molecule has 3 aromatic heterocycles. The number of halogens is 1. The molecule has 0 radical (unpaired) electrons. The first kappa shape index (κ1) is 23.0. The second-order valence-corrected chi connectivity index (χ2v) is 8.30. The molecule has 0 fully saturated rings. The SMILES string of the molecule is C=C(Cl)/C=C\C=C(/N)c1nc(Nc2ccc(C)c(-c3cc4cnc(C)cc4n(C)c3=O)c2)no1. The number of nitrogens with one attached hydrogen (secondary N) is 1. The summed E-state index contributed by atoms with van der Waals surface area (Å²) in [6, 6.07) is 9.45. The van der Waals surface area contributed by atoms with Crippen LogP contribution in [0.25, 0.3) is 27.7 Å². The molecule has 4 rings (SSSR count). The second-order valence-electron chi connectivity index (χ2n) is 7.81. The maximum absolute atomic E-state index is 13.2. The normalized spacial score (nSPS) is 11.9. The van der Waals surface area contributed by atoms with Crippen LogP contribution in [0.4, 0.5) is 11.6 Å². The molecule has 172 valence electrons. The minimum absolute atomic E-state index is 0.0919. The maximum atomic E-state index is 13.2. The van der Waals surface area contributed by atoms with Gasteiger partial charge >= 0.3 is 0 Å². The van der Waals surface area contributed by atoms with Crippen molar-refractivity contribution in [1.82, 2.24) is 19.7 Å². The summed E-state index contributed by atoms with van der Waals surface area (Å²) in [7, 11) is 1.77. The van der Waals surface area contributed by atoms with Crippen LogP contribution in [0.3, 0.4) is 0 Å². The number of hydrogen-bond donors (Lipinski definition) is 2. The smallest absolute Gasteiger partial charge is 0.275 e. The molecule has 0 aliphatic heterocycles. The van der Waals surface area contributed by atoms with Crippen molar-refractivity contribution in [1.29, 1.82) is 0 Å². The minimum atomic E-state index is -0.0919. The molecule has 0 saturated carbocycles. The highest BCUT2D eigenvalue weighted by Crippen LogP contribution is 2.28. The van der Waals surface area contributed by atoms with Crippen molar-refractivity contribution >= 4 is 39.8 Å². The molecule has 0 bridgehead atoms. The first-order valence-electron chi connectivity index (χ1n) is 10.4. The predicted molar refractivity (Wildman–Crippen MR) is 136 cm³/mol. The Morgan fingerprint density at radius 1 is 1.24 bits per heavy atom. The van der Waals surface area contributed by atoms with Gasteiger partial charge < -0.3 is 20.1 Å². The van der Waals surface area contributed by atoms with Crippen LogP contribution in [0.1, 0.15) is 17.1 Å². The van der Waals surface area contributed by atoms with Crippen LogP contribution in [-0.4, -0.2) is 19.7 Å². The van der Waals surface area contributed by atoms with Crippen LogP contribution >= 0.6 is 11.6 Å². The molecule has 0 aliphatic carbocycles. The largest absolute Gasteiger partial charge is 0.394 e. The number of aromatic nitrogens is 4. The van der Waals surface area contributed by atoms with Crippen LogP contribution in [0.5, 0.6) is 0 Å². The molecule has 0 unspecified atom stereocenters. The van der Waals surface area contributed by atoms with Gasteiger partial charge in [-0.3, -0.25) is 9.78 Å². The molecule has 8 nitrogen and oxygen atoms in total. The highest BCUT2D eigenvalue weighted by Gasteiger charge is 2.14. The van der Waals surface area contributed by atoms with Gasteiger partial charge in [-0.1, -0.05) is 30.3 Å². The van der Waals surface area contributed by atoms with Crippen LogP contribution in [0, 0.1) is 13.8 Å². The third kappa shape index (κ3) is 4.77. The van der Waals surface area contributed by atoms with Gasteiger partial charge in [-0.05, 0) is 66.5 Å². The lowest BCUT2D eigenvalue weighted by Gasteiger charge is -2.12. The van der Waals surface area contributed by atoms with Gasteiger partial charge in [-0.2, -0.15) is 4.98 Å². The number of fused-ring (bicyclic) bond motifs is 1. The van der Waals surface area contributed by atoms with E-state index in [-0.39, 0.29) is 23.1 Å². The average molecular weight is 475 g/mol. The molecule has 3 N–H and O–H groups in total. The molecule has 0 saturated heterocycles. The summed E-state index contributed by atoms with van der Waals surface area (Å²) in [5.41, 5.74) is 10.9. The van der Waals surface area contributed by atoms with Gasteiger partial charge in [0.1, 0.15) is 0 Å². The van der Waals surface area contributed by atoms with Crippen molar-refractivity contribution < 1.29 is 4.52 Å². The van der Waals surface area contributed by atoms with E-state index >= 15 is 0 Å². The van der Waals surface area contributed by atoms with Crippen molar-refractivity contribution in [3.8, 4) is 11.1 Å². The Hall–Kier alpha value is -4.17.